The van der Waals surface area contributed by atoms with Gasteiger partial charge < -0.3 is 10.2 Å². The first-order valence-electron chi connectivity index (χ1n) is 6.36. The van der Waals surface area contributed by atoms with E-state index in [2.05, 4.69) is 69.2 Å². The molecule has 1 rings (SSSR count). The van der Waals surface area contributed by atoms with Gasteiger partial charge in [0.05, 0.1) is 0 Å². The molecular formula is C15H26N2. The van der Waals surface area contributed by atoms with E-state index in [-0.39, 0.29) is 5.54 Å². The third-order valence-corrected chi connectivity index (χ3v) is 3.31. The van der Waals surface area contributed by atoms with Crippen molar-refractivity contribution < 1.29 is 0 Å². The van der Waals surface area contributed by atoms with Crippen LogP contribution in [0.3, 0.4) is 0 Å². The summed E-state index contributed by atoms with van der Waals surface area (Å²) in [6, 6.07) is 8.87. The van der Waals surface area contributed by atoms with Crippen molar-refractivity contribution in [1.82, 2.24) is 5.32 Å². The summed E-state index contributed by atoms with van der Waals surface area (Å²) in [6.07, 6.45) is 0. The van der Waals surface area contributed by atoms with E-state index >= 15 is 0 Å². The average molecular weight is 234 g/mol. The quantitative estimate of drug-likeness (QED) is 0.841. The first-order valence-corrected chi connectivity index (χ1v) is 6.36. The predicted octanol–water partition coefficient (Wildman–Crippen LogP) is 3.24. The summed E-state index contributed by atoms with van der Waals surface area (Å²) in [5.41, 5.74) is 2.80. The van der Waals surface area contributed by atoms with Gasteiger partial charge in [0.1, 0.15) is 0 Å². The molecule has 2 nitrogen and oxygen atoms in total. The van der Waals surface area contributed by atoms with Crippen LogP contribution in [-0.2, 0) is 0 Å². The Labute approximate surface area is 106 Å². The number of hydrogen-bond acceptors (Lipinski definition) is 2. The van der Waals surface area contributed by atoms with Crippen LogP contribution < -0.4 is 10.2 Å². The lowest BCUT2D eigenvalue weighted by Crippen LogP contribution is -2.46. The molecule has 1 aromatic rings. The number of benzene rings is 1. The maximum atomic E-state index is 3.33. The predicted molar refractivity (Wildman–Crippen MR) is 76.9 cm³/mol. The summed E-state index contributed by atoms with van der Waals surface area (Å²) in [6.45, 7) is 9.87. The summed E-state index contributed by atoms with van der Waals surface area (Å²) < 4.78 is 0. The van der Waals surface area contributed by atoms with E-state index in [9.17, 15) is 0 Å². The fourth-order valence-electron chi connectivity index (χ4n) is 1.88. The van der Waals surface area contributed by atoms with Crippen molar-refractivity contribution in [1.29, 1.82) is 0 Å². The van der Waals surface area contributed by atoms with E-state index in [1.807, 2.05) is 7.05 Å². The molecule has 0 fully saturated rings. The molecule has 2 heteroatoms. The van der Waals surface area contributed by atoms with Gasteiger partial charge in [0.15, 0.2) is 0 Å². The number of nitrogens with one attached hydrogen (secondary N) is 1. The number of likely N-dealkylation sites (N-methyl/N-ethyl adjacent to an activating group) is 2. The molecule has 17 heavy (non-hydrogen) atoms. The van der Waals surface area contributed by atoms with Gasteiger partial charge in [0, 0.05) is 24.8 Å². The van der Waals surface area contributed by atoms with Crippen LogP contribution in [0.2, 0.25) is 0 Å². The molecule has 0 atom stereocenters. The van der Waals surface area contributed by atoms with E-state index in [0.717, 1.165) is 6.54 Å². The highest BCUT2D eigenvalue weighted by Crippen LogP contribution is 2.20. The summed E-state index contributed by atoms with van der Waals surface area (Å²) >= 11 is 0. The molecular weight excluding hydrogens is 208 g/mol. The number of anilines is 1. The molecule has 0 heterocycles. The summed E-state index contributed by atoms with van der Waals surface area (Å²) in [5, 5.41) is 3.33. The first kappa shape index (κ1) is 14.0. The van der Waals surface area contributed by atoms with Gasteiger partial charge in [-0.1, -0.05) is 26.0 Å². The normalized spacial score (nSPS) is 11.9. The smallest absolute Gasteiger partial charge is 0.0364 e. The second-order valence-corrected chi connectivity index (χ2v) is 5.74. The minimum atomic E-state index is 0.130. The van der Waals surface area contributed by atoms with Crippen molar-refractivity contribution in [3.05, 3.63) is 29.8 Å². The van der Waals surface area contributed by atoms with Gasteiger partial charge in [-0.15, -0.1) is 0 Å². The van der Waals surface area contributed by atoms with E-state index < -0.39 is 0 Å². The average Bonchev–Trinajstić information content (AvgIpc) is 2.28. The third kappa shape index (κ3) is 4.04. The van der Waals surface area contributed by atoms with E-state index in [1.165, 1.54) is 11.3 Å². The Kier molecular flexibility index (Phi) is 4.58. The van der Waals surface area contributed by atoms with Crippen molar-refractivity contribution in [2.24, 2.45) is 0 Å². The Hall–Kier alpha value is -1.02. The number of nitrogens with zero attached hydrogens (tertiary/aromatic N) is 1. The highest BCUT2D eigenvalue weighted by Gasteiger charge is 2.17. The summed E-state index contributed by atoms with van der Waals surface area (Å²) in [4.78, 5) is 2.29. The molecule has 0 aromatic heterocycles. The van der Waals surface area contributed by atoms with Crippen LogP contribution in [0.1, 0.15) is 39.2 Å². The molecule has 0 aliphatic rings. The van der Waals surface area contributed by atoms with Crippen LogP contribution in [0.4, 0.5) is 5.69 Å². The Morgan fingerprint density at radius 2 is 1.71 bits per heavy atom. The molecule has 0 aliphatic carbocycles. The van der Waals surface area contributed by atoms with Gasteiger partial charge in [-0.25, -0.2) is 0 Å². The van der Waals surface area contributed by atoms with E-state index in [4.69, 9.17) is 0 Å². The van der Waals surface area contributed by atoms with Crippen molar-refractivity contribution in [3.8, 4) is 0 Å². The molecule has 0 amide bonds. The number of hydrogen-bond donors (Lipinski definition) is 1. The van der Waals surface area contributed by atoms with Gasteiger partial charge >= 0.3 is 0 Å². The zero-order valence-corrected chi connectivity index (χ0v) is 12.0. The molecule has 0 saturated heterocycles. The fourth-order valence-corrected chi connectivity index (χ4v) is 1.88. The number of rotatable bonds is 5. The largest absolute Gasteiger partial charge is 0.373 e. The molecule has 1 aromatic carbocycles. The monoisotopic (exact) mass is 234 g/mol. The zero-order valence-electron chi connectivity index (χ0n) is 12.0. The first-order chi connectivity index (χ1) is 7.85. The highest BCUT2D eigenvalue weighted by atomic mass is 15.1. The minimum absolute atomic E-state index is 0.130. The fraction of sp³-hybridized carbons (Fsp3) is 0.600. The third-order valence-electron chi connectivity index (χ3n) is 3.31. The van der Waals surface area contributed by atoms with Gasteiger partial charge in [-0.05, 0) is 44.5 Å². The van der Waals surface area contributed by atoms with Crippen molar-refractivity contribution in [2.75, 3.05) is 25.5 Å². The van der Waals surface area contributed by atoms with Crippen LogP contribution >= 0.6 is 0 Å². The van der Waals surface area contributed by atoms with Crippen LogP contribution in [-0.4, -0.2) is 26.2 Å². The summed E-state index contributed by atoms with van der Waals surface area (Å²) in [7, 11) is 4.15. The van der Waals surface area contributed by atoms with Gasteiger partial charge in [0.2, 0.25) is 0 Å². The van der Waals surface area contributed by atoms with Crippen LogP contribution in [0, 0.1) is 0 Å². The van der Waals surface area contributed by atoms with E-state index in [1.54, 1.807) is 0 Å². The van der Waals surface area contributed by atoms with Gasteiger partial charge in [0.25, 0.3) is 0 Å². The lowest BCUT2D eigenvalue weighted by atomic mass is 10.0. The highest BCUT2D eigenvalue weighted by molar-refractivity contribution is 5.47. The molecule has 0 bridgehead atoms. The summed E-state index contributed by atoms with van der Waals surface area (Å²) in [5.74, 6) is 0.600. The van der Waals surface area contributed by atoms with Crippen LogP contribution in [0.25, 0.3) is 0 Å². The van der Waals surface area contributed by atoms with Crippen molar-refractivity contribution in [2.45, 2.75) is 39.2 Å². The SMILES string of the molecule is CNC(C)(C)CN(C)c1ccc(C(C)C)cc1. The Morgan fingerprint density at radius 3 is 2.12 bits per heavy atom. The molecule has 0 spiro atoms. The van der Waals surface area contributed by atoms with Crippen molar-refractivity contribution >= 4 is 5.69 Å². The maximum absolute atomic E-state index is 3.33. The Morgan fingerprint density at radius 1 is 1.18 bits per heavy atom. The molecule has 0 aliphatic heterocycles. The molecule has 1 N–H and O–H groups in total. The Balaban J connectivity index is 2.73. The lowest BCUT2D eigenvalue weighted by molar-refractivity contribution is 0.428. The molecule has 96 valence electrons. The Bertz CT molecular complexity index is 338. The van der Waals surface area contributed by atoms with Gasteiger partial charge in [-0.3, -0.25) is 0 Å². The molecule has 0 radical (unpaired) electrons. The maximum Gasteiger partial charge on any atom is 0.0364 e. The standard InChI is InChI=1S/C15H26N2/c1-12(2)13-7-9-14(10-8-13)17(6)11-15(3,4)16-5/h7-10,12,16H,11H2,1-6H3. The zero-order chi connectivity index (χ0) is 13.1. The van der Waals surface area contributed by atoms with Gasteiger partial charge in [-0.2, -0.15) is 0 Å². The molecule has 0 unspecified atom stereocenters. The topological polar surface area (TPSA) is 15.3 Å². The second-order valence-electron chi connectivity index (χ2n) is 5.74. The van der Waals surface area contributed by atoms with Crippen LogP contribution in [0.15, 0.2) is 24.3 Å². The minimum Gasteiger partial charge on any atom is -0.373 e. The van der Waals surface area contributed by atoms with Crippen LogP contribution in [0.5, 0.6) is 0 Å². The van der Waals surface area contributed by atoms with Crippen molar-refractivity contribution in [3.63, 3.8) is 0 Å². The molecule has 0 saturated carbocycles. The second kappa shape index (κ2) is 5.54. The lowest BCUT2D eigenvalue weighted by Gasteiger charge is -2.31. The van der Waals surface area contributed by atoms with E-state index in [0.29, 0.717) is 5.92 Å².